The van der Waals surface area contributed by atoms with Gasteiger partial charge in [0.1, 0.15) is 18.6 Å². The van der Waals surface area contributed by atoms with E-state index in [0.717, 1.165) is 0 Å². The molecule has 14 heteroatoms. The predicted octanol–water partition coefficient (Wildman–Crippen LogP) is -3.05. The Kier molecular flexibility index (Phi) is 13.1. The summed E-state index contributed by atoms with van der Waals surface area (Å²) in [7, 11) is 0. The number of aliphatic carboxylic acids is 4. The summed E-state index contributed by atoms with van der Waals surface area (Å²) in [5, 5.41) is 36.1. The molecule has 0 bridgehead atoms. The van der Waals surface area contributed by atoms with Gasteiger partial charge in [-0.3, -0.25) is 19.2 Å². The third kappa shape index (κ3) is 13.6. The third-order valence-corrected chi connectivity index (χ3v) is 2.80. The predicted molar refractivity (Wildman–Crippen MR) is 86.5 cm³/mol. The fraction of sp³-hybridized carbons (Fsp3) is 0.500. The number of carboxylic acid groups (broad SMARTS) is 4. The maximum Gasteiger partial charge on any atom is 0.414 e. The van der Waals surface area contributed by atoms with Gasteiger partial charge < -0.3 is 36.8 Å². The average Bonchev–Trinajstić information content (AvgIpc) is 2.55. The van der Waals surface area contributed by atoms with Crippen molar-refractivity contribution in [3.8, 4) is 0 Å². The molecule has 0 rings (SSSR count). The van der Waals surface area contributed by atoms with E-state index in [1.165, 1.54) is 0 Å². The lowest BCUT2D eigenvalue weighted by Crippen LogP contribution is -2.49. The highest BCUT2D eigenvalue weighted by Gasteiger charge is 2.20. The summed E-state index contributed by atoms with van der Waals surface area (Å²) >= 11 is 3.87. The lowest BCUT2D eigenvalue weighted by molar-refractivity contribution is -0.159. The lowest BCUT2D eigenvalue weighted by Gasteiger charge is -2.16. The molecule has 148 valence electrons. The van der Waals surface area contributed by atoms with E-state index in [1.807, 2.05) is 0 Å². The van der Waals surface area contributed by atoms with E-state index in [1.54, 1.807) is 0 Å². The van der Waals surface area contributed by atoms with E-state index >= 15 is 0 Å². The number of carbonyl (C=O) groups is 6. The standard InChI is InChI=1S/C10H17N3O6S.C2H2O4/c11-5(10(18)19)1-2-7(14)13-6(4-20)9(17)12-3-8(15)16;3-1(4)2(5)6/h5-6,20H,1-4,11H2,(H,12,17)(H,13,14)(H,15,16)(H,18,19);(H,3,4)(H,5,6)/t5-,6-;/m0./s1. The highest BCUT2D eigenvalue weighted by Crippen LogP contribution is 1.97. The van der Waals surface area contributed by atoms with Crippen molar-refractivity contribution in [3.63, 3.8) is 0 Å². The van der Waals surface area contributed by atoms with Crippen molar-refractivity contribution in [2.75, 3.05) is 12.3 Å². The zero-order valence-electron chi connectivity index (χ0n) is 13.2. The smallest absolute Gasteiger partial charge is 0.414 e. The average molecular weight is 397 g/mol. The van der Waals surface area contributed by atoms with Crippen LogP contribution in [0.3, 0.4) is 0 Å². The van der Waals surface area contributed by atoms with E-state index in [4.69, 9.17) is 35.7 Å². The minimum absolute atomic E-state index is 0.0256. The van der Waals surface area contributed by atoms with Crippen molar-refractivity contribution >= 4 is 48.3 Å². The molecule has 0 radical (unpaired) electrons. The van der Waals surface area contributed by atoms with Crippen molar-refractivity contribution in [2.24, 2.45) is 5.73 Å². The molecule has 0 saturated carbocycles. The zero-order chi connectivity index (χ0) is 20.9. The van der Waals surface area contributed by atoms with Crippen LogP contribution in [0.2, 0.25) is 0 Å². The Morgan fingerprint density at radius 3 is 1.81 bits per heavy atom. The first-order chi connectivity index (χ1) is 11.9. The first-order valence-electron chi connectivity index (χ1n) is 6.76. The zero-order valence-corrected chi connectivity index (χ0v) is 14.1. The van der Waals surface area contributed by atoms with Gasteiger partial charge in [0.05, 0.1) is 0 Å². The molecule has 26 heavy (non-hydrogen) atoms. The lowest BCUT2D eigenvalue weighted by atomic mass is 10.1. The monoisotopic (exact) mass is 397 g/mol. The highest BCUT2D eigenvalue weighted by molar-refractivity contribution is 7.80. The Hall–Kier alpha value is -2.87. The summed E-state index contributed by atoms with van der Waals surface area (Å²) in [6.07, 6.45) is -0.235. The fourth-order valence-electron chi connectivity index (χ4n) is 1.16. The van der Waals surface area contributed by atoms with Crippen LogP contribution < -0.4 is 16.4 Å². The summed E-state index contributed by atoms with van der Waals surface area (Å²) < 4.78 is 0. The molecule has 0 aliphatic rings. The van der Waals surface area contributed by atoms with Crippen LogP contribution >= 0.6 is 12.6 Å². The second-order valence-electron chi connectivity index (χ2n) is 4.51. The second kappa shape index (κ2) is 13.4. The molecule has 13 nitrogen and oxygen atoms in total. The number of nitrogens with one attached hydrogen (secondary N) is 2. The molecular weight excluding hydrogens is 378 g/mol. The molecule has 0 aromatic rings. The van der Waals surface area contributed by atoms with Gasteiger partial charge in [-0.2, -0.15) is 12.6 Å². The molecule has 0 aliphatic carbocycles. The summed E-state index contributed by atoms with van der Waals surface area (Å²) in [5.74, 6) is -7.35. The summed E-state index contributed by atoms with van der Waals surface area (Å²) in [6, 6.07) is -2.15. The van der Waals surface area contributed by atoms with E-state index < -0.39 is 54.3 Å². The number of carbonyl (C=O) groups excluding carboxylic acids is 2. The van der Waals surface area contributed by atoms with Crippen molar-refractivity contribution in [3.05, 3.63) is 0 Å². The van der Waals surface area contributed by atoms with Gasteiger partial charge in [0, 0.05) is 12.2 Å². The Morgan fingerprint density at radius 2 is 1.46 bits per heavy atom. The second-order valence-corrected chi connectivity index (χ2v) is 4.87. The maximum atomic E-state index is 11.5. The van der Waals surface area contributed by atoms with E-state index in [2.05, 4.69) is 23.3 Å². The number of amides is 2. The number of nitrogens with two attached hydrogens (primary N) is 1. The fourth-order valence-corrected chi connectivity index (χ4v) is 1.41. The minimum Gasteiger partial charge on any atom is -0.480 e. The van der Waals surface area contributed by atoms with Crippen LogP contribution in [0.4, 0.5) is 0 Å². The van der Waals surface area contributed by atoms with Crippen molar-refractivity contribution in [2.45, 2.75) is 24.9 Å². The third-order valence-electron chi connectivity index (χ3n) is 2.43. The Labute approximate surface area is 152 Å². The van der Waals surface area contributed by atoms with Crippen LogP contribution in [0, 0.1) is 0 Å². The molecule has 2 amide bonds. The Balaban J connectivity index is 0. The number of rotatable bonds is 9. The van der Waals surface area contributed by atoms with Crippen LogP contribution in [0.1, 0.15) is 12.8 Å². The molecule has 0 heterocycles. The van der Waals surface area contributed by atoms with Gasteiger partial charge in [0.15, 0.2) is 0 Å². The summed E-state index contributed by atoms with van der Waals surface area (Å²) in [6.45, 7) is -0.567. The molecular formula is C12H19N3O10S. The number of thiol groups is 1. The quantitative estimate of drug-likeness (QED) is 0.144. The molecule has 0 unspecified atom stereocenters. The van der Waals surface area contributed by atoms with E-state index in [9.17, 15) is 19.2 Å². The molecule has 0 saturated heterocycles. The normalized spacial score (nSPS) is 11.8. The van der Waals surface area contributed by atoms with Crippen LogP contribution in [0.25, 0.3) is 0 Å². The minimum atomic E-state index is -1.82. The highest BCUT2D eigenvalue weighted by atomic mass is 32.1. The van der Waals surface area contributed by atoms with Gasteiger partial charge >= 0.3 is 23.9 Å². The number of hydrogen-bond donors (Lipinski definition) is 8. The van der Waals surface area contributed by atoms with Gasteiger partial charge in [-0.25, -0.2) is 9.59 Å². The number of hydrogen-bond acceptors (Lipinski definition) is 8. The summed E-state index contributed by atoms with van der Waals surface area (Å²) in [4.78, 5) is 61.9. The SMILES string of the molecule is N[C@@H](CCC(=O)N[C@@H](CS)C(=O)NCC(=O)O)C(=O)O.O=C(O)C(=O)O. The maximum absolute atomic E-state index is 11.5. The van der Waals surface area contributed by atoms with Gasteiger partial charge in [-0.1, -0.05) is 0 Å². The van der Waals surface area contributed by atoms with Crippen molar-refractivity contribution in [1.82, 2.24) is 10.6 Å². The van der Waals surface area contributed by atoms with Crippen LogP contribution in [0.15, 0.2) is 0 Å². The molecule has 0 aromatic heterocycles. The summed E-state index contributed by atoms with van der Waals surface area (Å²) in [5.41, 5.74) is 5.23. The van der Waals surface area contributed by atoms with E-state index in [-0.39, 0.29) is 18.6 Å². The molecule has 0 spiro atoms. The van der Waals surface area contributed by atoms with Crippen molar-refractivity contribution < 1.29 is 49.2 Å². The van der Waals surface area contributed by atoms with Gasteiger partial charge in [-0.15, -0.1) is 0 Å². The van der Waals surface area contributed by atoms with Gasteiger partial charge in [-0.05, 0) is 6.42 Å². The molecule has 0 aromatic carbocycles. The van der Waals surface area contributed by atoms with Crippen LogP contribution in [0.5, 0.6) is 0 Å². The van der Waals surface area contributed by atoms with E-state index in [0.29, 0.717) is 0 Å². The van der Waals surface area contributed by atoms with Crippen LogP contribution in [-0.4, -0.2) is 80.5 Å². The largest absolute Gasteiger partial charge is 0.480 e. The van der Waals surface area contributed by atoms with Gasteiger partial charge in [0.25, 0.3) is 0 Å². The van der Waals surface area contributed by atoms with Gasteiger partial charge in [0.2, 0.25) is 11.8 Å². The number of carboxylic acids is 4. The molecule has 0 fully saturated rings. The Bertz CT molecular complexity index is 541. The Morgan fingerprint density at radius 1 is 0.962 bits per heavy atom. The van der Waals surface area contributed by atoms with Crippen LogP contribution in [-0.2, 0) is 28.8 Å². The molecule has 0 aliphatic heterocycles. The molecule has 8 N–H and O–H groups in total. The first kappa shape index (κ1) is 25.4. The first-order valence-corrected chi connectivity index (χ1v) is 7.39. The van der Waals surface area contributed by atoms with Crippen molar-refractivity contribution in [1.29, 1.82) is 0 Å². The topological polar surface area (TPSA) is 233 Å². The molecule has 2 atom stereocenters.